The summed E-state index contributed by atoms with van der Waals surface area (Å²) in [5, 5.41) is 0. The first-order valence-electron chi connectivity index (χ1n) is 5.90. The summed E-state index contributed by atoms with van der Waals surface area (Å²) >= 11 is 0. The standard InChI is InChI=1S/C11H21N3O2/c1-2-4-9(12)11(16)14-6-3-5-8(7-14)10(13)15/h8-9H,2-7,12H2,1H3,(H2,13,15). The Kier molecular flexibility index (Phi) is 4.73. The van der Waals surface area contributed by atoms with E-state index in [9.17, 15) is 9.59 Å². The Hall–Kier alpha value is -1.10. The van der Waals surface area contributed by atoms with Crippen LogP contribution in [0.5, 0.6) is 0 Å². The van der Waals surface area contributed by atoms with Gasteiger partial charge in [0.1, 0.15) is 0 Å². The van der Waals surface area contributed by atoms with E-state index in [0.717, 1.165) is 19.3 Å². The molecule has 5 nitrogen and oxygen atoms in total. The van der Waals surface area contributed by atoms with Crippen LogP contribution in [0, 0.1) is 5.92 Å². The molecule has 5 heteroatoms. The number of piperidine rings is 1. The van der Waals surface area contributed by atoms with Gasteiger partial charge in [0.25, 0.3) is 0 Å². The molecular weight excluding hydrogens is 206 g/mol. The molecule has 1 fully saturated rings. The second-order valence-electron chi connectivity index (χ2n) is 4.42. The van der Waals surface area contributed by atoms with Crippen molar-refractivity contribution in [2.75, 3.05) is 13.1 Å². The van der Waals surface area contributed by atoms with Crippen LogP contribution in [0.25, 0.3) is 0 Å². The molecule has 2 atom stereocenters. The van der Waals surface area contributed by atoms with Crippen molar-refractivity contribution in [2.45, 2.75) is 38.6 Å². The zero-order valence-corrected chi connectivity index (χ0v) is 9.82. The van der Waals surface area contributed by atoms with Crippen molar-refractivity contribution in [3.8, 4) is 0 Å². The first kappa shape index (κ1) is 13.0. The monoisotopic (exact) mass is 227 g/mol. The number of carbonyl (C=O) groups excluding carboxylic acids is 2. The molecule has 1 rings (SSSR count). The molecule has 0 aromatic heterocycles. The van der Waals surface area contributed by atoms with E-state index < -0.39 is 6.04 Å². The molecule has 0 bridgehead atoms. The lowest BCUT2D eigenvalue weighted by molar-refractivity contribution is -0.136. The van der Waals surface area contributed by atoms with Crippen LogP contribution in [0.15, 0.2) is 0 Å². The van der Waals surface area contributed by atoms with Gasteiger partial charge in [-0.1, -0.05) is 13.3 Å². The van der Waals surface area contributed by atoms with Crippen LogP contribution in [0.2, 0.25) is 0 Å². The second-order valence-corrected chi connectivity index (χ2v) is 4.42. The minimum absolute atomic E-state index is 0.0483. The lowest BCUT2D eigenvalue weighted by Gasteiger charge is -2.32. The summed E-state index contributed by atoms with van der Waals surface area (Å²) in [5.41, 5.74) is 11.0. The lowest BCUT2D eigenvalue weighted by Crippen LogP contribution is -2.50. The van der Waals surface area contributed by atoms with Crippen molar-refractivity contribution in [1.82, 2.24) is 4.90 Å². The Morgan fingerprint density at radius 2 is 2.19 bits per heavy atom. The molecule has 1 saturated heterocycles. The fourth-order valence-corrected chi connectivity index (χ4v) is 2.08. The summed E-state index contributed by atoms with van der Waals surface area (Å²) in [6.45, 7) is 3.13. The van der Waals surface area contributed by atoms with Gasteiger partial charge in [0.15, 0.2) is 0 Å². The van der Waals surface area contributed by atoms with E-state index in [4.69, 9.17) is 11.5 Å². The van der Waals surface area contributed by atoms with Crippen LogP contribution >= 0.6 is 0 Å². The minimum atomic E-state index is -0.434. The normalized spacial score (nSPS) is 22.9. The number of hydrogen-bond donors (Lipinski definition) is 2. The predicted octanol–water partition coefficient (Wildman–Crippen LogP) is -0.162. The number of rotatable bonds is 4. The van der Waals surface area contributed by atoms with Crippen LogP contribution in [0.1, 0.15) is 32.6 Å². The van der Waals surface area contributed by atoms with Crippen molar-refractivity contribution >= 4 is 11.8 Å². The molecule has 0 aliphatic carbocycles. The predicted molar refractivity (Wildman–Crippen MR) is 61.4 cm³/mol. The average Bonchev–Trinajstić information content (AvgIpc) is 2.28. The fourth-order valence-electron chi connectivity index (χ4n) is 2.08. The summed E-state index contributed by atoms with van der Waals surface area (Å²) in [6.07, 6.45) is 3.19. The number of hydrogen-bond acceptors (Lipinski definition) is 3. The van der Waals surface area contributed by atoms with Crippen molar-refractivity contribution < 1.29 is 9.59 Å². The number of nitrogens with zero attached hydrogens (tertiary/aromatic N) is 1. The maximum atomic E-state index is 11.9. The molecular formula is C11H21N3O2. The molecule has 92 valence electrons. The highest BCUT2D eigenvalue weighted by Gasteiger charge is 2.28. The Bertz CT molecular complexity index is 268. The summed E-state index contributed by atoms with van der Waals surface area (Å²) in [4.78, 5) is 24.7. The molecule has 0 aromatic rings. The van der Waals surface area contributed by atoms with Gasteiger partial charge in [0.2, 0.25) is 11.8 Å². The number of primary amides is 1. The summed E-state index contributed by atoms with van der Waals surface area (Å²) in [7, 11) is 0. The zero-order valence-electron chi connectivity index (χ0n) is 9.82. The van der Waals surface area contributed by atoms with E-state index in [2.05, 4.69) is 0 Å². The molecule has 2 amide bonds. The van der Waals surface area contributed by atoms with Gasteiger partial charge in [-0.3, -0.25) is 9.59 Å². The van der Waals surface area contributed by atoms with Crippen LogP contribution in [-0.2, 0) is 9.59 Å². The first-order chi connectivity index (χ1) is 7.56. The highest BCUT2D eigenvalue weighted by molar-refractivity contribution is 5.83. The zero-order chi connectivity index (χ0) is 12.1. The Morgan fingerprint density at radius 1 is 1.50 bits per heavy atom. The second kappa shape index (κ2) is 5.84. The Labute approximate surface area is 96.1 Å². The molecule has 0 spiro atoms. The van der Waals surface area contributed by atoms with Gasteiger partial charge in [-0.2, -0.15) is 0 Å². The number of carbonyl (C=O) groups is 2. The largest absolute Gasteiger partial charge is 0.369 e. The Morgan fingerprint density at radius 3 is 2.75 bits per heavy atom. The lowest BCUT2D eigenvalue weighted by atomic mass is 9.96. The summed E-state index contributed by atoms with van der Waals surface area (Å²) in [6, 6.07) is -0.434. The summed E-state index contributed by atoms with van der Waals surface area (Å²) in [5.74, 6) is -0.569. The van der Waals surface area contributed by atoms with Gasteiger partial charge in [-0.05, 0) is 19.3 Å². The quantitative estimate of drug-likeness (QED) is 0.699. The maximum absolute atomic E-state index is 11.9. The van der Waals surface area contributed by atoms with E-state index in [0.29, 0.717) is 19.5 Å². The molecule has 1 aliphatic rings. The fraction of sp³-hybridized carbons (Fsp3) is 0.818. The molecule has 0 aromatic carbocycles. The van der Waals surface area contributed by atoms with Crippen LogP contribution in [-0.4, -0.2) is 35.8 Å². The third kappa shape index (κ3) is 3.20. The smallest absolute Gasteiger partial charge is 0.239 e. The van der Waals surface area contributed by atoms with Gasteiger partial charge in [-0.25, -0.2) is 0 Å². The van der Waals surface area contributed by atoms with Crippen molar-refractivity contribution in [1.29, 1.82) is 0 Å². The molecule has 1 heterocycles. The van der Waals surface area contributed by atoms with E-state index in [1.165, 1.54) is 0 Å². The van der Waals surface area contributed by atoms with Crippen molar-refractivity contribution in [3.63, 3.8) is 0 Å². The molecule has 1 aliphatic heterocycles. The van der Waals surface area contributed by atoms with Crippen molar-refractivity contribution in [2.24, 2.45) is 17.4 Å². The third-order valence-corrected chi connectivity index (χ3v) is 3.05. The molecule has 16 heavy (non-hydrogen) atoms. The molecule has 0 saturated carbocycles. The molecule has 0 radical (unpaired) electrons. The number of amides is 2. The molecule has 2 unspecified atom stereocenters. The van der Waals surface area contributed by atoms with Crippen LogP contribution in [0.4, 0.5) is 0 Å². The topological polar surface area (TPSA) is 89.4 Å². The number of likely N-dealkylation sites (tertiary alicyclic amines) is 1. The van der Waals surface area contributed by atoms with Crippen molar-refractivity contribution in [3.05, 3.63) is 0 Å². The SMILES string of the molecule is CCCC(N)C(=O)N1CCCC(C(N)=O)C1. The van der Waals surface area contributed by atoms with E-state index >= 15 is 0 Å². The number of nitrogens with two attached hydrogens (primary N) is 2. The summed E-state index contributed by atoms with van der Waals surface area (Å²) < 4.78 is 0. The van der Waals surface area contributed by atoms with Gasteiger partial charge in [-0.15, -0.1) is 0 Å². The van der Waals surface area contributed by atoms with Gasteiger partial charge in [0.05, 0.1) is 12.0 Å². The minimum Gasteiger partial charge on any atom is -0.369 e. The third-order valence-electron chi connectivity index (χ3n) is 3.05. The maximum Gasteiger partial charge on any atom is 0.239 e. The van der Waals surface area contributed by atoms with Gasteiger partial charge >= 0.3 is 0 Å². The Balaban J connectivity index is 2.53. The highest BCUT2D eigenvalue weighted by Crippen LogP contribution is 2.17. The average molecular weight is 227 g/mol. The van der Waals surface area contributed by atoms with Gasteiger partial charge in [0, 0.05) is 13.1 Å². The van der Waals surface area contributed by atoms with E-state index in [1.807, 2.05) is 6.92 Å². The van der Waals surface area contributed by atoms with E-state index in [-0.39, 0.29) is 17.7 Å². The highest BCUT2D eigenvalue weighted by atomic mass is 16.2. The van der Waals surface area contributed by atoms with Gasteiger partial charge < -0.3 is 16.4 Å². The first-order valence-corrected chi connectivity index (χ1v) is 5.90. The van der Waals surface area contributed by atoms with E-state index in [1.54, 1.807) is 4.90 Å². The van der Waals surface area contributed by atoms with Crippen LogP contribution in [0.3, 0.4) is 0 Å². The van der Waals surface area contributed by atoms with Crippen LogP contribution < -0.4 is 11.5 Å². The molecule has 4 N–H and O–H groups in total.